The zero-order valence-corrected chi connectivity index (χ0v) is 102. The summed E-state index contributed by atoms with van der Waals surface area (Å²) in [5.74, 6) is -2.16. The predicted molar refractivity (Wildman–Crippen MR) is 633 cm³/mol. The van der Waals surface area contributed by atoms with Crippen molar-refractivity contribution in [1.29, 1.82) is 0 Å². The summed E-state index contributed by atoms with van der Waals surface area (Å²) >= 11 is 0. The minimum atomic E-state index is -1.92. The average molecular weight is 2120 g/mol. The van der Waals surface area contributed by atoms with Crippen molar-refractivity contribution in [2.24, 2.45) is 47.3 Å². The van der Waals surface area contributed by atoms with Gasteiger partial charge in [0.1, 0.15) is 31.0 Å². The highest BCUT2D eigenvalue weighted by Crippen LogP contribution is 2.38. The van der Waals surface area contributed by atoms with Crippen molar-refractivity contribution in [3.8, 4) is 0 Å². The van der Waals surface area contributed by atoms with Crippen molar-refractivity contribution in [3.63, 3.8) is 0 Å². The summed E-state index contributed by atoms with van der Waals surface area (Å²) in [6.07, 6.45) is 93.7. The third kappa shape index (κ3) is 76.7. The third-order valence-electron chi connectivity index (χ3n) is 32.8. The van der Waals surface area contributed by atoms with E-state index in [0.717, 1.165) is 103 Å². The highest BCUT2D eigenvalue weighted by atomic mass is 16.8. The lowest BCUT2D eigenvalue weighted by molar-refractivity contribution is -0.377. The second-order valence-electron chi connectivity index (χ2n) is 48.9. The Balaban J connectivity index is 2.70. The highest BCUT2D eigenvalue weighted by molar-refractivity contribution is 5.89. The van der Waals surface area contributed by atoms with Crippen molar-refractivity contribution in [1.82, 2.24) is 0 Å². The Kier molecular flexibility index (Phi) is 93.1. The van der Waals surface area contributed by atoms with Crippen molar-refractivity contribution in [3.05, 3.63) is 46.6 Å². The first kappa shape index (κ1) is 142. The van der Waals surface area contributed by atoms with E-state index in [1.807, 2.05) is 24.3 Å². The van der Waals surface area contributed by atoms with E-state index in [-0.39, 0.29) is 41.2 Å². The fraction of sp³-hybridized carbons (Fsp3) is 0.903. The van der Waals surface area contributed by atoms with Gasteiger partial charge >= 0.3 is 29.8 Å². The number of aliphatic hydroxyl groups is 3. The van der Waals surface area contributed by atoms with Crippen molar-refractivity contribution in [2.45, 2.75) is 718 Å². The maximum atomic E-state index is 15.1. The van der Waals surface area contributed by atoms with E-state index in [0.29, 0.717) is 41.2 Å². The fourth-order valence-corrected chi connectivity index (χ4v) is 23.4. The van der Waals surface area contributed by atoms with Gasteiger partial charge in [0.05, 0.1) is 6.61 Å². The van der Waals surface area contributed by atoms with Gasteiger partial charge in [-0.25, -0.2) is 19.2 Å². The Hall–Kier alpha value is -3.93. The molecule has 4 unspecified atom stereocenters. The summed E-state index contributed by atoms with van der Waals surface area (Å²) in [7, 11) is 0. The average Bonchev–Trinajstić information content (AvgIpc) is 0.767. The second-order valence-corrected chi connectivity index (χ2v) is 48.9. The van der Waals surface area contributed by atoms with Crippen LogP contribution in [0.15, 0.2) is 46.6 Å². The molecule has 150 heavy (non-hydrogen) atoms. The van der Waals surface area contributed by atoms with Gasteiger partial charge in [-0.05, 0) is 107 Å². The van der Waals surface area contributed by atoms with Crippen molar-refractivity contribution < 1.29 is 77.2 Å². The van der Waals surface area contributed by atoms with Crippen LogP contribution in [0.3, 0.4) is 0 Å². The molecule has 2 rings (SSSR count). The van der Waals surface area contributed by atoms with E-state index in [2.05, 4.69) is 90.0 Å². The summed E-state index contributed by atoms with van der Waals surface area (Å²) in [5, 5.41) is 37.6. The van der Waals surface area contributed by atoms with Crippen LogP contribution in [0.2, 0.25) is 0 Å². The molecule has 16 nitrogen and oxygen atoms in total. The largest absolute Gasteiger partial charge is 0.459 e. The minimum Gasteiger partial charge on any atom is -0.459 e. The zero-order valence-electron chi connectivity index (χ0n) is 102. The van der Waals surface area contributed by atoms with E-state index in [9.17, 15) is 29.7 Å². The van der Waals surface area contributed by atoms with Crippen LogP contribution in [0.25, 0.3) is 0 Å². The predicted octanol–water partition coefficient (Wildman–Crippen LogP) is 39.1. The van der Waals surface area contributed by atoms with Crippen LogP contribution in [-0.2, 0) is 61.9 Å². The monoisotopic (exact) mass is 2110 g/mol. The molecule has 2 saturated heterocycles. The first-order valence-corrected chi connectivity index (χ1v) is 65.4. The molecule has 2 aliphatic rings. The van der Waals surface area contributed by atoms with E-state index in [4.69, 9.17) is 37.9 Å². The molecule has 0 amide bonds. The fourth-order valence-electron chi connectivity index (χ4n) is 23.4. The molecule has 0 aromatic rings. The lowest BCUT2D eigenvalue weighted by atomic mass is 9.91. The van der Waals surface area contributed by atoms with E-state index < -0.39 is 104 Å². The van der Waals surface area contributed by atoms with E-state index >= 15 is 9.59 Å². The quantitative estimate of drug-likeness (QED) is 0.0223. The van der Waals surface area contributed by atoms with Gasteiger partial charge in [-0.1, -0.05) is 615 Å². The van der Waals surface area contributed by atoms with Crippen LogP contribution >= 0.6 is 0 Å². The maximum Gasteiger partial charge on any atom is 0.333 e. The lowest BCUT2D eigenvalue weighted by Crippen LogP contribution is -2.66. The molecule has 2 aliphatic heterocycles. The Labute approximate surface area is 927 Å². The van der Waals surface area contributed by atoms with Gasteiger partial charge in [-0.3, -0.25) is 4.79 Å². The van der Waals surface area contributed by atoms with Crippen molar-refractivity contribution >= 4 is 29.8 Å². The molecule has 0 bridgehead atoms. The Morgan fingerprint density at radius 1 is 0.247 bits per heavy atom. The second kappa shape index (κ2) is 98.2. The van der Waals surface area contributed by atoms with Crippen LogP contribution in [0.1, 0.15) is 657 Å². The van der Waals surface area contributed by atoms with Gasteiger partial charge < -0.3 is 53.2 Å². The summed E-state index contributed by atoms with van der Waals surface area (Å²) in [5.41, 5.74) is 1.18. The molecule has 3 N–H and O–H groups in total. The van der Waals surface area contributed by atoms with Crippen LogP contribution in [-0.4, -0.2) is 120 Å². The van der Waals surface area contributed by atoms with Crippen LogP contribution < -0.4 is 0 Å². The zero-order chi connectivity index (χ0) is 110. The normalized spacial score (nSPS) is 20.1. The molecule has 0 radical (unpaired) electrons. The molecule has 0 spiro atoms. The van der Waals surface area contributed by atoms with Crippen molar-refractivity contribution in [2.75, 3.05) is 13.2 Å². The van der Waals surface area contributed by atoms with Crippen LogP contribution in [0.5, 0.6) is 0 Å². The van der Waals surface area contributed by atoms with Crippen LogP contribution in [0.4, 0.5) is 0 Å². The first-order chi connectivity index (χ1) is 72.7. The molecule has 880 valence electrons. The third-order valence-corrected chi connectivity index (χ3v) is 32.8. The molecule has 0 aromatic carbocycles. The molecular weight excluding hydrogens is 1870 g/mol. The van der Waals surface area contributed by atoms with Gasteiger partial charge in [0.15, 0.2) is 24.4 Å². The number of allylic oxidation sites excluding steroid dienone is 4. The van der Waals surface area contributed by atoms with Gasteiger partial charge in [-0.2, -0.15) is 0 Å². The smallest absolute Gasteiger partial charge is 0.333 e. The maximum absolute atomic E-state index is 15.1. The SMILES string of the molecule is CCCCCCCCCCCCCCCCCCCC[C@H](C)C[C@H](C)/C=C(\C)C(=O)OC1[C@H](O)C(COC(=O)/C(C)=C/[C@@H](C)C[C@@H](C)CCCCCCCCCCCCCCCC)O[C@H](O[C@H]2OC(CO)[C@@H](OC(=O)/C(C)=C/[C@@H](C)C[C@@H](C)CCCCCCCCCCCCCCCC)C(O)[C@@H]2OC(=O)/C(C)=C/[C@@H](C)C[C@@H](C)CCCCCCCCCCCCCCCC)[C@@H]1OC(=O)CCCCCCCCCCCCCCCCC. The summed E-state index contributed by atoms with van der Waals surface area (Å²) in [4.78, 5) is 74.2. The molecule has 0 saturated carbocycles. The number of hydrogen-bond acceptors (Lipinski definition) is 16. The summed E-state index contributed by atoms with van der Waals surface area (Å²) in [6, 6.07) is 0. The highest BCUT2D eigenvalue weighted by Gasteiger charge is 2.56. The van der Waals surface area contributed by atoms with Gasteiger partial charge in [0.25, 0.3) is 0 Å². The Morgan fingerprint density at radius 3 is 0.700 bits per heavy atom. The number of esters is 5. The number of ether oxygens (including phenoxy) is 8. The standard InChI is InChI=1S/C134H248O16/c1-18-23-28-33-38-43-48-53-58-59-60-62-66-71-76-81-85-90-95-110(8)100-114(12)104-118(16)131(141)148-126-123(137)121(107-143-129(139)116(14)102-112(10)98-108(6)93-88-83-78-73-68-63-55-50-45-40-35-30-25-20-3)145-134(128(126)146-122(136)97-92-87-82-77-72-67-61-54-49-44-39-34-29-24-19-2)150-133-127(149-132(142)119(17)105-115(13)101-111(9)96-91-86-80-75-70-65-57-52-47-42-37-32-27-22-5)124(138)125(120(106-135)144-133)147-130(140)117(15)103-113(11)99-109(7)94-89-84-79-74-69-64-56-51-46-41-36-31-26-21-4/h102-105,108-115,120-121,123-128,133-135,137-138H,18-101,106-107H2,1-17H3/b116-102+,117-103+,118-104+,119-105+/t108-,109-,110-,111-,112-,113-,114-,115-,120?,121?,123+,124?,125+,126?,127-,128+,133+,134+/m0/s1. The van der Waals surface area contributed by atoms with Crippen LogP contribution in [0, 0.1) is 47.3 Å². The number of hydrogen-bond donors (Lipinski definition) is 3. The van der Waals surface area contributed by atoms with Gasteiger partial charge in [0, 0.05) is 28.7 Å². The molecule has 0 aromatic heterocycles. The first-order valence-electron chi connectivity index (χ1n) is 65.4. The number of unbranched alkanes of at least 4 members (excludes halogenated alkanes) is 70. The molecule has 2 heterocycles. The lowest BCUT2D eigenvalue weighted by Gasteiger charge is -2.47. The molecule has 2 fully saturated rings. The summed E-state index contributed by atoms with van der Waals surface area (Å²) < 4.78 is 52.3. The Morgan fingerprint density at radius 2 is 0.453 bits per heavy atom. The van der Waals surface area contributed by atoms with E-state index in [1.54, 1.807) is 27.7 Å². The molecular formula is C134H248O16. The summed E-state index contributed by atoms with van der Waals surface area (Å²) in [6.45, 7) is 34.2. The van der Waals surface area contributed by atoms with Gasteiger partial charge in [-0.15, -0.1) is 0 Å². The topological polar surface area (TPSA) is 220 Å². The number of carbonyl (C=O) groups is 5. The molecule has 16 heteroatoms. The van der Waals surface area contributed by atoms with E-state index in [1.165, 1.54) is 424 Å². The number of rotatable bonds is 105. The number of aliphatic hydroxyl groups excluding tert-OH is 3. The molecule has 18 atom stereocenters. The minimum absolute atomic E-state index is 0.00150. The number of carbonyl (C=O) groups excluding carboxylic acids is 5. The Bertz CT molecular complexity index is 3270. The molecule has 0 aliphatic carbocycles. The van der Waals surface area contributed by atoms with Gasteiger partial charge in [0.2, 0.25) is 12.6 Å².